The van der Waals surface area contributed by atoms with Crippen molar-refractivity contribution in [1.29, 1.82) is 0 Å². The van der Waals surface area contributed by atoms with Crippen molar-refractivity contribution in [2.45, 2.75) is 13.3 Å². The van der Waals surface area contributed by atoms with Gasteiger partial charge in [-0.3, -0.25) is 4.79 Å². The minimum Gasteiger partial charge on any atom is -0.425 e. The molecular weight excluding hydrogens is 222 g/mol. The van der Waals surface area contributed by atoms with E-state index in [-0.39, 0.29) is 11.7 Å². The second kappa shape index (κ2) is 4.60. The summed E-state index contributed by atoms with van der Waals surface area (Å²) < 4.78 is 0.772. The van der Waals surface area contributed by atoms with Crippen molar-refractivity contribution in [2.75, 3.05) is 5.32 Å². The molecule has 0 bridgehead atoms. The third-order valence-electron chi connectivity index (χ3n) is 2.10. The smallest absolute Gasteiger partial charge is 0.225 e. The lowest BCUT2D eigenvalue weighted by atomic mass is 10.3. The molecule has 2 heterocycles. The van der Waals surface area contributed by atoms with E-state index < -0.39 is 0 Å². The van der Waals surface area contributed by atoms with Gasteiger partial charge in [-0.2, -0.15) is 4.73 Å². The summed E-state index contributed by atoms with van der Waals surface area (Å²) in [6, 6.07) is 5.04. The largest absolute Gasteiger partial charge is 0.425 e. The lowest BCUT2D eigenvalue weighted by molar-refractivity contribution is -0.115. The van der Waals surface area contributed by atoms with Gasteiger partial charge in [-0.25, -0.2) is 4.98 Å². The van der Waals surface area contributed by atoms with Crippen LogP contribution in [0.2, 0.25) is 0 Å². The van der Waals surface area contributed by atoms with Crippen molar-refractivity contribution < 1.29 is 10.0 Å². The van der Waals surface area contributed by atoms with E-state index in [0.717, 1.165) is 11.1 Å². The summed E-state index contributed by atoms with van der Waals surface area (Å²) in [5.74, 6) is 0.509. The molecule has 0 fully saturated rings. The number of nitrogens with zero attached hydrogens (tertiary/aromatic N) is 4. The number of carbonyl (C=O) groups is 1. The molecule has 88 valence electrons. The predicted octanol–water partition coefficient (Wildman–Crippen LogP) is 0.926. The lowest BCUT2D eigenvalue weighted by Crippen LogP contribution is -2.11. The molecule has 2 aromatic heterocycles. The summed E-state index contributed by atoms with van der Waals surface area (Å²) in [6.45, 7) is 1.75. The molecular formula is C10H11N5O2. The highest BCUT2D eigenvalue weighted by Gasteiger charge is 2.09. The highest BCUT2D eigenvalue weighted by atomic mass is 16.5. The lowest BCUT2D eigenvalue weighted by Gasteiger charge is -2.04. The van der Waals surface area contributed by atoms with Gasteiger partial charge in [0.05, 0.1) is 0 Å². The van der Waals surface area contributed by atoms with E-state index in [0.29, 0.717) is 17.9 Å². The molecule has 0 aromatic carbocycles. The fraction of sp³-hybridized carbons (Fsp3) is 0.200. The van der Waals surface area contributed by atoms with E-state index in [9.17, 15) is 10.0 Å². The number of anilines is 1. The van der Waals surface area contributed by atoms with E-state index in [1.54, 1.807) is 25.1 Å². The van der Waals surface area contributed by atoms with Crippen LogP contribution >= 0.6 is 0 Å². The fourth-order valence-electron chi connectivity index (χ4n) is 1.26. The molecule has 0 spiro atoms. The van der Waals surface area contributed by atoms with Gasteiger partial charge < -0.3 is 10.5 Å². The van der Waals surface area contributed by atoms with Crippen molar-refractivity contribution >= 4 is 11.7 Å². The Morgan fingerprint density at radius 2 is 2.35 bits per heavy atom. The molecule has 17 heavy (non-hydrogen) atoms. The van der Waals surface area contributed by atoms with Gasteiger partial charge in [-0.05, 0) is 12.1 Å². The molecule has 2 aromatic rings. The monoisotopic (exact) mass is 233 g/mol. The fourth-order valence-corrected chi connectivity index (χ4v) is 1.26. The zero-order chi connectivity index (χ0) is 12.3. The number of pyridine rings is 1. The minimum atomic E-state index is -0.125. The molecule has 0 atom stereocenters. The van der Waals surface area contributed by atoms with E-state index >= 15 is 0 Å². The van der Waals surface area contributed by atoms with Gasteiger partial charge in [-0.15, -0.1) is 10.2 Å². The molecule has 0 aliphatic heterocycles. The number of nitrogens with one attached hydrogen (secondary N) is 1. The maximum Gasteiger partial charge on any atom is 0.225 e. The van der Waals surface area contributed by atoms with Crippen LogP contribution in [0.3, 0.4) is 0 Å². The third kappa shape index (κ3) is 2.39. The van der Waals surface area contributed by atoms with E-state index in [2.05, 4.69) is 20.5 Å². The highest BCUT2D eigenvalue weighted by molar-refractivity contribution is 5.89. The Bertz CT molecular complexity index is 537. The summed E-state index contributed by atoms with van der Waals surface area (Å²) in [4.78, 5) is 15.4. The maximum atomic E-state index is 11.2. The quantitative estimate of drug-likeness (QED) is 0.769. The molecule has 0 saturated heterocycles. The number of amides is 1. The first kappa shape index (κ1) is 11.1. The standard InChI is InChI=1S/C10H11N5O2/c1-2-9(16)13-8-5-3-4-7(12-8)10-14-11-6-15(10)17/h3-6,17H,2H2,1H3,(H,12,13,16). The molecule has 0 unspecified atom stereocenters. The Labute approximate surface area is 97.1 Å². The maximum absolute atomic E-state index is 11.2. The van der Waals surface area contributed by atoms with Crippen LogP contribution in [-0.4, -0.2) is 31.0 Å². The van der Waals surface area contributed by atoms with Gasteiger partial charge >= 0.3 is 0 Å². The molecule has 0 aliphatic rings. The first-order valence-electron chi connectivity index (χ1n) is 5.07. The molecule has 0 aliphatic carbocycles. The van der Waals surface area contributed by atoms with Crippen LogP contribution in [0.4, 0.5) is 5.82 Å². The topological polar surface area (TPSA) is 92.9 Å². The molecule has 0 radical (unpaired) electrons. The number of aromatic nitrogens is 4. The summed E-state index contributed by atoms with van der Waals surface area (Å²) in [5.41, 5.74) is 0.430. The van der Waals surface area contributed by atoms with Crippen LogP contribution in [0.1, 0.15) is 13.3 Å². The molecule has 0 saturated carbocycles. The molecule has 7 nitrogen and oxygen atoms in total. The van der Waals surface area contributed by atoms with Gasteiger partial charge in [0.2, 0.25) is 11.7 Å². The Morgan fingerprint density at radius 1 is 1.53 bits per heavy atom. The van der Waals surface area contributed by atoms with Crippen LogP contribution in [0.25, 0.3) is 11.5 Å². The second-order valence-corrected chi connectivity index (χ2v) is 3.31. The van der Waals surface area contributed by atoms with E-state index in [4.69, 9.17) is 0 Å². The molecule has 2 N–H and O–H groups in total. The zero-order valence-corrected chi connectivity index (χ0v) is 9.16. The molecule has 2 rings (SSSR count). The number of rotatable bonds is 3. The highest BCUT2D eigenvalue weighted by Crippen LogP contribution is 2.15. The number of hydrogen-bond donors (Lipinski definition) is 2. The van der Waals surface area contributed by atoms with Crippen molar-refractivity contribution in [2.24, 2.45) is 0 Å². The Kier molecular flexibility index (Phi) is 2.99. The number of hydrogen-bond acceptors (Lipinski definition) is 5. The van der Waals surface area contributed by atoms with Gasteiger partial charge in [-0.1, -0.05) is 13.0 Å². The summed E-state index contributed by atoms with van der Waals surface area (Å²) in [5, 5.41) is 19.3. The third-order valence-corrected chi connectivity index (χ3v) is 2.10. The Balaban J connectivity index is 2.29. The summed E-state index contributed by atoms with van der Waals surface area (Å²) in [7, 11) is 0. The second-order valence-electron chi connectivity index (χ2n) is 3.31. The van der Waals surface area contributed by atoms with Crippen molar-refractivity contribution in [3.8, 4) is 11.5 Å². The summed E-state index contributed by atoms with van der Waals surface area (Å²) >= 11 is 0. The SMILES string of the molecule is CCC(=O)Nc1cccc(-c2nncn2O)n1. The Hall–Kier alpha value is -2.44. The summed E-state index contributed by atoms with van der Waals surface area (Å²) in [6.07, 6.45) is 1.54. The first-order chi connectivity index (χ1) is 8.20. The molecule has 1 amide bonds. The minimum absolute atomic E-state index is 0.125. The van der Waals surface area contributed by atoms with Gasteiger partial charge in [0.15, 0.2) is 6.33 Å². The average molecular weight is 233 g/mol. The van der Waals surface area contributed by atoms with E-state index in [1.165, 1.54) is 0 Å². The van der Waals surface area contributed by atoms with Crippen LogP contribution in [0, 0.1) is 0 Å². The Morgan fingerprint density at radius 3 is 3.00 bits per heavy atom. The normalized spacial score (nSPS) is 10.2. The van der Waals surface area contributed by atoms with Crippen LogP contribution in [-0.2, 0) is 4.79 Å². The van der Waals surface area contributed by atoms with E-state index in [1.807, 2.05) is 0 Å². The van der Waals surface area contributed by atoms with Gasteiger partial charge in [0.1, 0.15) is 11.5 Å². The first-order valence-corrected chi connectivity index (χ1v) is 5.07. The van der Waals surface area contributed by atoms with Crippen LogP contribution < -0.4 is 5.32 Å². The zero-order valence-electron chi connectivity index (χ0n) is 9.16. The average Bonchev–Trinajstić information content (AvgIpc) is 2.75. The molecule has 7 heteroatoms. The predicted molar refractivity (Wildman–Crippen MR) is 59.4 cm³/mol. The van der Waals surface area contributed by atoms with Crippen LogP contribution in [0.5, 0.6) is 0 Å². The van der Waals surface area contributed by atoms with Crippen molar-refractivity contribution in [1.82, 2.24) is 19.9 Å². The van der Waals surface area contributed by atoms with Gasteiger partial charge in [0, 0.05) is 6.42 Å². The van der Waals surface area contributed by atoms with Crippen LogP contribution in [0.15, 0.2) is 24.5 Å². The van der Waals surface area contributed by atoms with Crippen molar-refractivity contribution in [3.05, 3.63) is 24.5 Å². The van der Waals surface area contributed by atoms with Crippen molar-refractivity contribution in [3.63, 3.8) is 0 Å². The number of carbonyl (C=O) groups excluding carboxylic acids is 1. The van der Waals surface area contributed by atoms with Gasteiger partial charge in [0.25, 0.3) is 0 Å².